The van der Waals surface area contributed by atoms with E-state index in [1.54, 1.807) is 0 Å². The summed E-state index contributed by atoms with van der Waals surface area (Å²) in [6, 6.07) is 18.3. The number of thioether (sulfide) groups is 2. The highest BCUT2D eigenvalue weighted by atomic mass is 32.2. The molecule has 0 N–H and O–H groups in total. The average Bonchev–Trinajstić information content (AvgIpc) is 2.55. The maximum Gasteiger partial charge on any atom is 0.130 e. The van der Waals surface area contributed by atoms with Crippen LogP contribution in [-0.2, 0) is 5.75 Å². The molecule has 0 unspecified atom stereocenters. The molecule has 0 saturated carbocycles. The summed E-state index contributed by atoms with van der Waals surface area (Å²) in [6.45, 7) is 0.756. The van der Waals surface area contributed by atoms with E-state index in [0.717, 1.165) is 36.0 Å². The Balaban J connectivity index is 1.41. The summed E-state index contributed by atoms with van der Waals surface area (Å²) in [5, 5.41) is 0. The van der Waals surface area contributed by atoms with Crippen LogP contribution in [-0.4, -0.2) is 16.7 Å². The molecule has 3 rings (SSSR count). The van der Waals surface area contributed by atoms with Crippen LogP contribution in [0.15, 0.2) is 59.6 Å². The maximum atomic E-state index is 5.69. The van der Waals surface area contributed by atoms with Crippen LogP contribution in [0.2, 0.25) is 0 Å². The SMILES string of the molecule is c1ccc(OCCCSC2=Nc3ccccc3CS2)cc1. The molecule has 0 bridgehead atoms. The molecule has 2 nitrogen and oxygen atoms in total. The highest BCUT2D eigenvalue weighted by Gasteiger charge is 2.11. The number of para-hydroxylation sites is 2. The molecule has 21 heavy (non-hydrogen) atoms. The third-order valence-corrected chi connectivity index (χ3v) is 5.41. The first-order valence-electron chi connectivity index (χ1n) is 7.02. The highest BCUT2D eigenvalue weighted by Crippen LogP contribution is 2.34. The van der Waals surface area contributed by atoms with Gasteiger partial charge in [-0.05, 0) is 30.2 Å². The van der Waals surface area contributed by atoms with E-state index < -0.39 is 0 Å². The van der Waals surface area contributed by atoms with Crippen LogP contribution < -0.4 is 4.74 Å². The average molecular weight is 315 g/mol. The summed E-state index contributed by atoms with van der Waals surface area (Å²) in [4.78, 5) is 4.70. The van der Waals surface area contributed by atoms with E-state index in [1.807, 2.05) is 59.9 Å². The fourth-order valence-corrected chi connectivity index (χ4v) is 4.06. The second-order valence-electron chi connectivity index (χ2n) is 4.66. The van der Waals surface area contributed by atoms with E-state index in [0.29, 0.717) is 0 Å². The van der Waals surface area contributed by atoms with Gasteiger partial charge in [0.15, 0.2) is 0 Å². The van der Waals surface area contributed by atoms with Crippen molar-refractivity contribution in [3.63, 3.8) is 0 Å². The summed E-state index contributed by atoms with van der Waals surface area (Å²) in [7, 11) is 0. The predicted molar refractivity (Wildman–Crippen MR) is 93.8 cm³/mol. The minimum atomic E-state index is 0.756. The van der Waals surface area contributed by atoms with Crippen LogP contribution in [0, 0.1) is 0 Å². The normalized spacial score (nSPS) is 13.4. The molecule has 2 aromatic rings. The van der Waals surface area contributed by atoms with Gasteiger partial charge in [0.05, 0.1) is 12.3 Å². The van der Waals surface area contributed by atoms with Crippen molar-refractivity contribution in [1.29, 1.82) is 0 Å². The van der Waals surface area contributed by atoms with Crippen molar-refractivity contribution in [1.82, 2.24) is 0 Å². The summed E-state index contributed by atoms with van der Waals surface area (Å²) >= 11 is 3.66. The minimum Gasteiger partial charge on any atom is -0.494 e. The van der Waals surface area contributed by atoms with E-state index in [1.165, 1.54) is 9.94 Å². The van der Waals surface area contributed by atoms with Crippen molar-refractivity contribution >= 4 is 33.6 Å². The molecule has 0 aromatic heterocycles. The first-order valence-corrected chi connectivity index (χ1v) is 8.99. The lowest BCUT2D eigenvalue weighted by Gasteiger charge is -2.14. The van der Waals surface area contributed by atoms with Crippen LogP contribution in [0.1, 0.15) is 12.0 Å². The van der Waals surface area contributed by atoms with Gasteiger partial charge < -0.3 is 4.74 Å². The zero-order valence-corrected chi connectivity index (χ0v) is 13.3. The zero-order chi connectivity index (χ0) is 14.3. The van der Waals surface area contributed by atoms with Crippen molar-refractivity contribution in [3.8, 4) is 5.75 Å². The molecule has 1 aliphatic heterocycles. The highest BCUT2D eigenvalue weighted by molar-refractivity contribution is 8.38. The largest absolute Gasteiger partial charge is 0.494 e. The number of rotatable bonds is 5. The maximum absolute atomic E-state index is 5.69. The summed E-state index contributed by atoms with van der Waals surface area (Å²) < 4.78 is 6.87. The first-order chi connectivity index (χ1) is 10.4. The summed E-state index contributed by atoms with van der Waals surface area (Å²) in [5.74, 6) is 3.02. The second-order valence-corrected chi connectivity index (χ2v) is 6.96. The smallest absolute Gasteiger partial charge is 0.130 e. The Bertz CT molecular complexity index is 613. The number of aliphatic imine (C=N–C) groups is 1. The molecule has 0 fully saturated rings. The monoisotopic (exact) mass is 315 g/mol. The van der Waals surface area contributed by atoms with Gasteiger partial charge in [0.25, 0.3) is 0 Å². The van der Waals surface area contributed by atoms with Crippen LogP contribution in [0.4, 0.5) is 5.69 Å². The third kappa shape index (κ3) is 4.29. The van der Waals surface area contributed by atoms with Gasteiger partial charge >= 0.3 is 0 Å². The van der Waals surface area contributed by atoms with Gasteiger partial charge in [-0.2, -0.15) is 0 Å². The molecular weight excluding hydrogens is 298 g/mol. The molecule has 108 valence electrons. The van der Waals surface area contributed by atoms with E-state index in [9.17, 15) is 0 Å². The van der Waals surface area contributed by atoms with Crippen molar-refractivity contribution in [2.24, 2.45) is 4.99 Å². The zero-order valence-electron chi connectivity index (χ0n) is 11.7. The molecule has 4 heteroatoms. The van der Waals surface area contributed by atoms with Crippen LogP contribution in [0.25, 0.3) is 0 Å². The molecule has 0 radical (unpaired) electrons. The van der Waals surface area contributed by atoms with E-state index >= 15 is 0 Å². The Morgan fingerprint density at radius 1 is 1.05 bits per heavy atom. The number of hydrogen-bond acceptors (Lipinski definition) is 4. The molecule has 0 saturated heterocycles. The fourth-order valence-electron chi connectivity index (χ4n) is 2.01. The standard InChI is InChI=1S/C17H17NOS2/c1-2-8-15(9-3-1)19-11-6-12-20-17-18-16-10-5-4-7-14(16)13-21-17/h1-5,7-10H,6,11-13H2. The first kappa shape index (κ1) is 14.5. The van der Waals surface area contributed by atoms with Gasteiger partial charge in [-0.15, -0.1) is 0 Å². The van der Waals surface area contributed by atoms with Crippen LogP contribution >= 0.6 is 23.5 Å². The summed E-state index contributed by atoms with van der Waals surface area (Å²) in [6.07, 6.45) is 1.03. The molecule has 2 aromatic carbocycles. The Hall–Kier alpha value is -1.39. The van der Waals surface area contributed by atoms with E-state index in [-0.39, 0.29) is 0 Å². The summed E-state index contributed by atoms with van der Waals surface area (Å²) in [5.41, 5.74) is 2.46. The van der Waals surface area contributed by atoms with E-state index in [4.69, 9.17) is 9.73 Å². The third-order valence-electron chi connectivity index (χ3n) is 3.08. The lowest BCUT2D eigenvalue weighted by Crippen LogP contribution is -2.01. The lowest BCUT2D eigenvalue weighted by atomic mass is 10.2. The fraction of sp³-hybridized carbons (Fsp3) is 0.235. The Labute approximate surface area is 134 Å². The van der Waals surface area contributed by atoms with Crippen molar-refractivity contribution in [3.05, 3.63) is 60.2 Å². The molecule has 0 spiro atoms. The number of nitrogens with zero attached hydrogens (tertiary/aromatic N) is 1. The number of hydrogen-bond donors (Lipinski definition) is 0. The molecular formula is C17H17NOS2. The molecule has 0 aliphatic carbocycles. The minimum absolute atomic E-state index is 0.756. The van der Waals surface area contributed by atoms with Gasteiger partial charge in [-0.25, -0.2) is 4.99 Å². The molecule has 0 amide bonds. The van der Waals surface area contributed by atoms with Gasteiger partial charge in [-0.1, -0.05) is 59.9 Å². The number of ether oxygens (including phenoxy) is 1. The Morgan fingerprint density at radius 3 is 2.76 bits per heavy atom. The lowest BCUT2D eigenvalue weighted by molar-refractivity contribution is 0.319. The molecule has 1 heterocycles. The van der Waals surface area contributed by atoms with Gasteiger partial charge in [0.2, 0.25) is 0 Å². The topological polar surface area (TPSA) is 21.6 Å². The van der Waals surface area contributed by atoms with Crippen molar-refractivity contribution in [2.45, 2.75) is 12.2 Å². The van der Waals surface area contributed by atoms with E-state index in [2.05, 4.69) is 18.2 Å². The van der Waals surface area contributed by atoms with Crippen LogP contribution in [0.5, 0.6) is 5.75 Å². The van der Waals surface area contributed by atoms with Crippen molar-refractivity contribution < 1.29 is 4.74 Å². The van der Waals surface area contributed by atoms with Crippen LogP contribution in [0.3, 0.4) is 0 Å². The number of benzene rings is 2. The Morgan fingerprint density at radius 2 is 1.86 bits per heavy atom. The number of fused-ring (bicyclic) bond motifs is 1. The van der Waals surface area contributed by atoms with Gasteiger partial charge in [0.1, 0.15) is 10.1 Å². The second kappa shape index (κ2) is 7.57. The van der Waals surface area contributed by atoms with Gasteiger partial charge in [0, 0.05) is 11.5 Å². The quantitative estimate of drug-likeness (QED) is 0.714. The van der Waals surface area contributed by atoms with Gasteiger partial charge in [-0.3, -0.25) is 0 Å². The van der Waals surface area contributed by atoms with Crippen molar-refractivity contribution in [2.75, 3.05) is 12.4 Å². The molecule has 1 aliphatic rings. The molecule has 0 atom stereocenters. The predicted octanol–water partition coefficient (Wildman–Crippen LogP) is 5.12. The Kier molecular flexibility index (Phi) is 5.24.